The van der Waals surface area contributed by atoms with Gasteiger partial charge in [0.05, 0.1) is 17.1 Å². The Labute approximate surface area is 124 Å². The van der Waals surface area contributed by atoms with Gasteiger partial charge in [0.1, 0.15) is 0 Å². The molecule has 1 aliphatic heterocycles. The maximum atomic E-state index is 11.9. The van der Waals surface area contributed by atoms with Gasteiger partial charge in [-0.2, -0.15) is 0 Å². The quantitative estimate of drug-likeness (QED) is 0.846. The molecule has 2 rings (SSSR count). The van der Waals surface area contributed by atoms with E-state index in [2.05, 4.69) is 20.6 Å². The average Bonchev–Trinajstić information content (AvgIpc) is 2.89. The van der Waals surface area contributed by atoms with Gasteiger partial charge in [0.15, 0.2) is 0 Å². The van der Waals surface area contributed by atoms with Gasteiger partial charge in [0, 0.05) is 31.6 Å². The van der Waals surface area contributed by atoms with Crippen molar-refractivity contribution in [2.24, 2.45) is 11.7 Å². The molecule has 0 bridgehead atoms. The molecule has 2 heterocycles. The number of carbonyl (C=O) groups excluding carboxylic acids is 1. The second-order valence-electron chi connectivity index (χ2n) is 4.63. The maximum Gasteiger partial charge on any atom is 0.224 e. The van der Waals surface area contributed by atoms with Crippen LogP contribution < -0.4 is 11.1 Å². The second-order valence-corrected chi connectivity index (χ2v) is 5.35. The van der Waals surface area contributed by atoms with Gasteiger partial charge in [-0.3, -0.25) is 9.69 Å². The van der Waals surface area contributed by atoms with Crippen LogP contribution in [0.1, 0.15) is 18.5 Å². The summed E-state index contributed by atoms with van der Waals surface area (Å²) in [5.74, 6) is 0.243. The molecular formula is C12H21ClN4OS. The Morgan fingerprint density at radius 3 is 3.16 bits per heavy atom. The molecule has 19 heavy (non-hydrogen) atoms. The summed E-state index contributed by atoms with van der Waals surface area (Å²) in [6.45, 7) is 3.80. The molecular weight excluding hydrogens is 284 g/mol. The van der Waals surface area contributed by atoms with Crippen molar-refractivity contribution < 1.29 is 4.79 Å². The van der Waals surface area contributed by atoms with Gasteiger partial charge in [-0.1, -0.05) is 0 Å². The van der Waals surface area contributed by atoms with Crippen molar-refractivity contribution in [1.29, 1.82) is 0 Å². The molecule has 0 radical (unpaired) electrons. The number of thiazole rings is 1. The number of aromatic nitrogens is 1. The number of carbonyl (C=O) groups is 1. The zero-order valence-electron chi connectivity index (χ0n) is 10.9. The third kappa shape index (κ3) is 5.06. The van der Waals surface area contributed by atoms with E-state index >= 15 is 0 Å². The number of halogens is 1. The van der Waals surface area contributed by atoms with Crippen molar-refractivity contribution in [3.63, 3.8) is 0 Å². The number of likely N-dealkylation sites (tertiary alicyclic amines) is 1. The van der Waals surface area contributed by atoms with Gasteiger partial charge in [-0.25, -0.2) is 4.98 Å². The first kappa shape index (κ1) is 16.4. The van der Waals surface area contributed by atoms with E-state index in [-0.39, 0.29) is 24.2 Å². The molecule has 0 aromatic carbocycles. The summed E-state index contributed by atoms with van der Waals surface area (Å²) in [5.41, 5.74) is 8.34. The topological polar surface area (TPSA) is 71.2 Å². The van der Waals surface area contributed by atoms with Crippen LogP contribution in [0.3, 0.4) is 0 Å². The fourth-order valence-corrected chi connectivity index (χ4v) is 2.85. The largest absolute Gasteiger partial charge is 0.355 e. The zero-order valence-corrected chi connectivity index (χ0v) is 12.5. The summed E-state index contributed by atoms with van der Waals surface area (Å²) in [7, 11) is 0. The van der Waals surface area contributed by atoms with Crippen LogP contribution in [0.25, 0.3) is 0 Å². The Bertz CT molecular complexity index is 374. The predicted molar refractivity (Wildman–Crippen MR) is 79.4 cm³/mol. The van der Waals surface area contributed by atoms with Gasteiger partial charge in [-0.15, -0.1) is 23.7 Å². The summed E-state index contributed by atoms with van der Waals surface area (Å²) in [5, 5.41) is 4.94. The van der Waals surface area contributed by atoms with E-state index in [9.17, 15) is 4.79 Å². The number of nitrogens with two attached hydrogens (primary N) is 1. The molecule has 1 atom stereocenters. The minimum Gasteiger partial charge on any atom is -0.355 e. The molecule has 7 heteroatoms. The number of amides is 1. The van der Waals surface area contributed by atoms with Crippen LogP contribution in [0.15, 0.2) is 10.9 Å². The van der Waals surface area contributed by atoms with Gasteiger partial charge in [0.25, 0.3) is 0 Å². The summed E-state index contributed by atoms with van der Waals surface area (Å²) in [6, 6.07) is 0. The van der Waals surface area contributed by atoms with E-state index in [0.717, 1.165) is 38.2 Å². The molecule has 1 aromatic heterocycles. The van der Waals surface area contributed by atoms with E-state index < -0.39 is 0 Å². The van der Waals surface area contributed by atoms with E-state index in [1.165, 1.54) is 0 Å². The minimum absolute atomic E-state index is 0. The lowest BCUT2D eigenvalue weighted by Gasteiger charge is -2.31. The molecule has 1 fully saturated rings. The van der Waals surface area contributed by atoms with E-state index in [1.54, 1.807) is 11.3 Å². The molecule has 0 saturated carbocycles. The first-order chi connectivity index (χ1) is 8.79. The number of nitrogens with one attached hydrogen (secondary N) is 1. The van der Waals surface area contributed by atoms with Crippen LogP contribution in [0, 0.1) is 5.92 Å². The Morgan fingerprint density at radius 1 is 1.63 bits per heavy atom. The summed E-state index contributed by atoms with van der Waals surface area (Å²) in [4.78, 5) is 18.5. The van der Waals surface area contributed by atoms with Crippen LogP contribution in [0.5, 0.6) is 0 Å². The first-order valence-corrected chi connectivity index (χ1v) is 7.31. The van der Waals surface area contributed by atoms with Crippen molar-refractivity contribution >= 4 is 29.7 Å². The Hall–Kier alpha value is -0.690. The fraction of sp³-hybridized carbons (Fsp3) is 0.667. The smallest absolute Gasteiger partial charge is 0.224 e. The van der Waals surface area contributed by atoms with Crippen LogP contribution >= 0.6 is 23.7 Å². The van der Waals surface area contributed by atoms with Gasteiger partial charge < -0.3 is 11.1 Å². The van der Waals surface area contributed by atoms with E-state index in [0.29, 0.717) is 13.1 Å². The molecule has 1 aromatic rings. The van der Waals surface area contributed by atoms with Crippen LogP contribution in [0.4, 0.5) is 0 Å². The summed E-state index contributed by atoms with van der Waals surface area (Å²) in [6.07, 6.45) is 2.05. The van der Waals surface area contributed by atoms with E-state index in [4.69, 9.17) is 5.73 Å². The molecule has 0 aliphatic carbocycles. The Balaban J connectivity index is 0.00000180. The van der Waals surface area contributed by atoms with Crippen molar-refractivity contribution in [2.45, 2.75) is 19.4 Å². The standard InChI is InChI=1S/C12H20N4OS.ClH/c13-3-4-14-12(17)10-2-1-5-16(6-10)7-11-8-18-9-15-11;/h8-10H,1-7,13H2,(H,14,17);1H. The highest BCUT2D eigenvalue weighted by atomic mass is 35.5. The highest BCUT2D eigenvalue weighted by Crippen LogP contribution is 2.18. The van der Waals surface area contributed by atoms with Crippen molar-refractivity contribution in [3.05, 3.63) is 16.6 Å². The lowest BCUT2D eigenvalue weighted by molar-refractivity contribution is -0.126. The molecule has 3 N–H and O–H groups in total. The number of hydrogen-bond acceptors (Lipinski definition) is 5. The first-order valence-electron chi connectivity index (χ1n) is 6.37. The molecule has 5 nitrogen and oxygen atoms in total. The lowest BCUT2D eigenvalue weighted by atomic mass is 9.97. The Morgan fingerprint density at radius 2 is 2.47 bits per heavy atom. The summed E-state index contributed by atoms with van der Waals surface area (Å²) >= 11 is 1.62. The number of rotatable bonds is 5. The third-order valence-corrected chi connectivity index (χ3v) is 3.82. The monoisotopic (exact) mass is 304 g/mol. The van der Waals surface area contributed by atoms with Crippen molar-refractivity contribution in [2.75, 3.05) is 26.2 Å². The third-order valence-electron chi connectivity index (χ3n) is 3.19. The van der Waals surface area contributed by atoms with Crippen LogP contribution in [-0.4, -0.2) is 42.0 Å². The summed E-state index contributed by atoms with van der Waals surface area (Å²) < 4.78 is 0. The molecule has 1 aliphatic rings. The fourth-order valence-electron chi connectivity index (χ4n) is 2.30. The Kier molecular flexibility index (Phi) is 7.30. The zero-order chi connectivity index (χ0) is 12.8. The molecule has 1 amide bonds. The van der Waals surface area contributed by atoms with Gasteiger partial charge in [-0.05, 0) is 19.4 Å². The molecule has 1 saturated heterocycles. The molecule has 108 valence electrons. The average molecular weight is 305 g/mol. The molecule has 0 spiro atoms. The van der Waals surface area contributed by atoms with Crippen LogP contribution in [0.2, 0.25) is 0 Å². The van der Waals surface area contributed by atoms with Crippen LogP contribution in [-0.2, 0) is 11.3 Å². The number of hydrogen-bond donors (Lipinski definition) is 2. The highest BCUT2D eigenvalue weighted by molar-refractivity contribution is 7.07. The van der Waals surface area contributed by atoms with Crippen molar-refractivity contribution in [1.82, 2.24) is 15.2 Å². The number of piperidine rings is 1. The second kappa shape index (κ2) is 8.47. The predicted octanol–water partition coefficient (Wildman–Crippen LogP) is 0.852. The highest BCUT2D eigenvalue weighted by Gasteiger charge is 2.25. The number of nitrogens with zero attached hydrogens (tertiary/aromatic N) is 2. The molecule has 1 unspecified atom stereocenters. The van der Waals surface area contributed by atoms with Gasteiger partial charge in [0.2, 0.25) is 5.91 Å². The minimum atomic E-state index is 0. The normalized spacial score (nSPS) is 19.7. The maximum absolute atomic E-state index is 11.9. The van der Waals surface area contributed by atoms with Crippen molar-refractivity contribution in [3.8, 4) is 0 Å². The van der Waals surface area contributed by atoms with Gasteiger partial charge >= 0.3 is 0 Å². The lowest BCUT2D eigenvalue weighted by Crippen LogP contribution is -2.43. The SMILES string of the molecule is Cl.NCCNC(=O)C1CCCN(Cc2cscn2)C1. The van der Waals surface area contributed by atoms with E-state index in [1.807, 2.05) is 5.51 Å².